The molecule has 0 aromatic heterocycles. The molecule has 0 aromatic carbocycles. The molecule has 0 radical (unpaired) electrons. The van der Waals surface area contributed by atoms with Gasteiger partial charge in [0.25, 0.3) is 0 Å². The quantitative estimate of drug-likeness (QED) is 0.236. The van der Waals surface area contributed by atoms with E-state index in [9.17, 15) is 4.79 Å². The van der Waals surface area contributed by atoms with Crippen molar-refractivity contribution < 1.29 is 23.5 Å². The van der Waals surface area contributed by atoms with Crippen molar-refractivity contribution in [2.24, 2.45) is 0 Å². The van der Waals surface area contributed by atoms with Crippen molar-refractivity contribution in [3.8, 4) is 0 Å². The zero-order chi connectivity index (χ0) is 18.3. The van der Waals surface area contributed by atoms with Gasteiger partial charge < -0.3 is 18.7 Å². The summed E-state index contributed by atoms with van der Waals surface area (Å²) in [5.74, 6) is 0.429. The largest absolute Gasteiger partial charge is 0.467 e. The highest BCUT2D eigenvalue weighted by molar-refractivity contribution is 5.90. The fourth-order valence-corrected chi connectivity index (χ4v) is 2.62. The number of rotatable bonds is 7. The lowest BCUT2D eigenvalue weighted by Gasteiger charge is -2.35. The van der Waals surface area contributed by atoms with Crippen LogP contribution in [0, 0.1) is 0 Å². The summed E-state index contributed by atoms with van der Waals surface area (Å²) in [5.41, 5.74) is 3.66. The maximum absolute atomic E-state index is 12.1. The van der Waals surface area contributed by atoms with Crippen molar-refractivity contribution in [1.82, 2.24) is 0 Å². The van der Waals surface area contributed by atoms with Gasteiger partial charge in [0.15, 0.2) is 6.79 Å². The number of likely N-dealkylation sites (N-methyl/N-ethyl adjacent to an activating group) is 1. The summed E-state index contributed by atoms with van der Waals surface area (Å²) in [6, 6.07) is 0. The molecule has 5 heteroatoms. The second-order valence-corrected chi connectivity index (χ2v) is 6.73. The predicted octanol–water partition coefficient (Wildman–Crippen LogP) is 2.96. The minimum atomic E-state index is -0.239. The zero-order valence-electron chi connectivity index (χ0n) is 15.8. The Kier molecular flexibility index (Phi) is 7.45. The number of nitrogens with zero attached hydrogens (tertiary/aromatic N) is 1. The van der Waals surface area contributed by atoms with E-state index >= 15 is 0 Å². The number of esters is 1. The Hall–Kier alpha value is -1.85. The van der Waals surface area contributed by atoms with Gasteiger partial charge in [-0.1, -0.05) is 12.7 Å². The minimum Gasteiger partial charge on any atom is -0.467 e. The molecule has 0 aliphatic carbocycles. The van der Waals surface area contributed by atoms with E-state index in [0.717, 1.165) is 46.3 Å². The van der Waals surface area contributed by atoms with Crippen LogP contribution in [-0.4, -0.2) is 58.6 Å². The maximum atomic E-state index is 12.1. The topological polar surface area (TPSA) is 44.8 Å². The first-order chi connectivity index (χ1) is 11.2. The van der Waals surface area contributed by atoms with Crippen molar-refractivity contribution in [2.75, 3.05) is 48.2 Å². The van der Waals surface area contributed by atoms with E-state index in [1.54, 1.807) is 7.11 Å². The van der Waals surface area contributed by atoms with Gasteiger partial charge in [-0.25, -0.2) is 4.79 Å². The lowest BCUT2D eigenvalue weighted by Crippen LogP contribution is -2.46. The van der Waals surface area contributed by atoms with E-state index in [0.29, 0.717) is 5.76 Å². The molecule has 0 saturated carbocycles. The smallest absolute Gasteiger partial charge is 0.334 e. The third-order valence-corrected chi connectivity index (χ3v) is 4.06. The van der Waals surface area contributed by atoms with Crippen molar-refractivity contribution in [1.29, 1.82) is 0 Å². The summed E-state index contributed by atoms with van der Waals surface area (Å²) in [6.45, 7) is 9.68. The Balaban J connectivity index is 3.18. The fraction of sp³-hybridized carbons (Fsp3) is 0.526. The second-order valence-electron chi connectivity index (χ2n) is 6.73. The van der Waals surface area contributed by atoms with Crippen LogP contribution >= 0.6 is 0 Å². The molecule has 0 aromatic rings. The number of carbonyl (C=O) groups is 1. The normalized spacial score (nSPS) is 18.4. The zero-order valence-corrected chi connectivity index (χ0v) is 15.8. The molecule has 134 valence electrons. The van der Waals surface area contributed by atoms with Crippen molar-refractivity contribution in [3.05, 3.63) is 46.8 Å². The van der Waals surface area contributed by atoms with E-state index in [1.165, 1.54) is 7.11 Å². The van der Waals surface area contributed by atoms with Crippen molar-refractivity contribution >= 4 is 5.97 Å². The highest BCUT2D eigenvalue weighted by Gasteiger charge is 2.30. The minimum absolute atomic E-state index is 0.172. The molecule has 0 N–H and O–H groups in total. The van der Waals surface area contributed by atoms with Gasteiger partial charge in [-0.3, -0.25) is 0 Å². The highest BCUT2D eigenvalue weighted by atomic mass is 16.7. The maximum Gasteiger partial charge on any atom is 0.334 e. The van der Waals surface area contributed by atoms with Gasteiger partial charge in [-0.2, -0.15) is 0 Å². The van der Waals surface area contributed by atoms with Gasteiger partial charge in [0.1, 0.15) is 12.3 Å². The molecule has 0 amide bonds. The van der Waals surface area contributed by atoms with Crippen LogP contribution in [0.1, 0.15) is 20.3 Å². The Labute approximate surface area is 145 Å². The second kappa shape index (κ2) is 8.85. The van der Waals surface area contributed by atoms with Gasteiger partial charge in [-0.15, -0.1) is 0 Å². The van der Waals surface area contributed by atoms with Gasteiger partial charge in [0, 0.05) is 19.1 Å². The Bertz CT molecular complexity index is 582. The summed E-state index contributed by atoms with van der Waals surface area (Å²) in [6.07, 6.45) is 4.55. The molecule has 1 aliphatic rings. The highest BCUT2D eigenvalue weighted by Crippen LogP contribution is 2.27. The first-order valence-electron chi connectivity index (χ1n) is 8.00. The molecular weight excluding hydrogens is 306 g/mol. The monoisotopic (exact) mass is 336 g/mol. The van der Waals surface area contributed by atoms with Gasteiger partial charge >= 0.3 is 5.97 Å². The van der Waals surface area contributed by atoms with Crippen LogP contribution in [-0.2, 0) is 19.0 Å². The van der Waals surface area contributed by atoms with Crippen molar-refractivity contribution in [3.63, 3.8) is 0 Å². The van der Waals surface area contributed by atoms with E-state index in [-0.39, 0.29) is 12.8 Å². The molecule has 1 aliphatic heterocycles. The molecule has 1 rings (SSSR count). The predicted molar refractivity (Wildman–Crippen MR) is 95.1 cm³/mol. The summed E-state index contributed by atoms with van der Waals surface area (Å²) < 4.78 is 16.2. The van der Waals surface area contributed by atoms with Gasteiger partial charge in [0.05, 0.1) is 33.3 Å². The lowest BCUT2D eigenvalue weighted by atomic mass is 9.93. The van der Waals surface area contributed by atoms with Crippen LogP contribution in [0.2, 0.25) is 0 Å². The molecule has 0 bridgehead atoms. The SMILES string of the molecule is C=C(C)/C(=C\C=C(/C)C1=C(C(=O)OC)CC[N+](C)(C)C1)OCOC. The molecule has 0 atom stereocenters. The van der Waals surface area contributed by atoms with Crippen LogP contribution in [0.4, 0.5) is 0 Å². The number of carbonyl (C=O) groups excluding carboxylic acids is 1. The molecule has 0 spiro atoms. The van der Waals surface area contributed by atoms with E-state index < -0.39 is 0 Å². The first kappa shape index (κ1) is 20.2. The number of hydrogen-bond donors (Lipinski definition) is 0. The number of methoxy groups -OCH3 is 2. The standard InChI is InChI=1S/C19H30NO4/c1-14(2)18(24-13-22-6)9-8-15(3)17-12-20(4,5)11-10-16(17)19(21)23-7/h8-9H,1,10-13H2,2-7H3/q+1/b15-8+,18-9+. The molecule has 0 fully saturated rings. The fourth-order valence-electron chi connectivity index (χ4n) is 2.62. The lowest BCUT2D eigenvalue weighted by molar-refractivity contribution is -0.886. The van der Waals surface area contributed by atoms with Crippen LogP contribution in [0.15, 0.2) is 46.8 Å². The third-order valence-electron chi connectivity index (χ3n) is 4.06. The average molecular weight is 336 g/mol. The van der Waals surface area contributed by atoms with Crippen LogP contribution in [0.5, 0.6) is 0 Å². The first-order valence-corrected chi connectivity index (χ1v) is 8.00. The third kappa shape index (κ3) is 5.65. The summed E-state index contributed by atoms with van der Waals surface area (Å²) in [7, 11) is 7.33. The van der Waals surface area contributed by atoms with E-state index in [1.807, 2.05) is 26.0 Å². The molecule has 0 saturated heterocycles. The summed E-state index contributed by atoms with van der Waals surface area (Å²) >= 11 is 0. The average Bonchev–Trinajstić information content (AvgIpc) is 2.52. The molecule has 5 nitrogen and oxygen atoms in total. The van der Waals surface area contributed by atoms with Gasteiger partial charge in [0.2, 0.25) is 0 Å². The Morgan fingerprint density at radius 3 is 2.42 bits per heavy atom. The van der Waals surface area contributed by atoms with Crippen LogP contribution < -0.4 is 0 Å². The number of quaternary nitrogens is 1. The summed E-state index contributed by atoms with van der Waals surface area (Å²) in [5, 5.41) is 0. The van der Waals surface area contributed by atoms with E-state index in [4.69, 9.17) is 14.2 Å². The van der Waals surface area contributed by atoms with E-state index in [2.05, 4.69) is 20.7 Å². The van der Waals surface area contributed by atoms with Crippen molar-refractivity contribution in [2.45, 2.75) is 20.3 Å². The van der Waals surface area contributed by atoms with Crippen LogP contribution in [0.25, 0.3) is 0 Å². The number of ether oxygens (including phenoxy) is 3. The molecule has 0 unspecified atom stereocenters. The Morgan fingerprint density at radius 1 is 1.21 bits per heavy atom. The number of allylic oxidation sites excluding steroid dienone is 3. The molecule has 24 heavy (non-hydrogen) atoms. The van der Waals surface area contributed by atoms with Crippen LogP contribution in [0.3, 0.4) is 0 Å². The number of hydrogen-bond acceptors (Lipinski definition) is 4. The Morgan fingerprint density at radius 2 is 1.88 bits per heavy atom. The summed E-state index contributed by atoms with van der Waals surface area (Å²) in [4.78, 5) is 12.1. The molecular formula is C19H30NO4+. The van der Waals surface area contributed by atoms with Gasteiger partial charge in [-0.05, 0) is 31.1 Å². The molecule has 1 heterocycles.